The lowest BCUT2D eigenvalue weighted by Gasteiger charge is -2.18. The van der Waals surface area contributed by atoms with Crippen molar-refractivity contribution < 1.29 is 14.3 Å². The third-order valence-corrected chi connectivity index (χ3v) is 5.75. The van der Waals surface area contributed by atoms with Crippen LogP contribution in [-0.2, 0) is 0 Å². The molecule has 0 aliphatic carbocycles. The number of hydrogen-bond acceptors (Lipinski definition) is 3. The molecule has 0 spiro atoms. The van der Waals surface area contributed by atoms with Crippen LogP contribution >= 0.6 is 0 Å². The van der Waals surface area contributed by atoms with Crippen molar-refractivity contribution in [2.45, 2.75) is 19.8 Å². The molecule has 31 heavy (non-hydrogen) atoms. The first-order valence-electron chi connectivity index (χ1n) is 10.5. The van der Waals surface area contributed by atoms with Crippen molar-refractivity contribution in [3.8, 4) is 16.9 Å². The van der Waals surface area contributed by atoms with E-state index in [-0.39, 0.29) is 11.8 Å². The number of nitrogens with zero attached hydrogens (tertiary/aromatic N) is 1. The van der Waals surface area contributed by atoms with Gasteiger partial charge in [-0.15, -0.1) is 0 Å². The maximum absolute atomic E-state index is 13.0. The number of hydrogen-bond donors (Lipinski definition) is 1. The van der Waals surface area contributed by atoms with Gasteiger partial charge in [-0.05, 0) is 61.2 Å². The van der Waals surface area contributed by atoms with E-state index >= 15 is 0 Å². The summed E-state index contributed by atoms with van der Waals surface area (Å²) in [7, 11) is 1.62. The van der Waals surface area contributed by atoms with Crippen LogP contribution in [0.1, 0.15) is 39.1 Å². The summed E-state index contributed by atoms with van der Waals surface area (Å²) in [5.74, 6) is 0.507. The van der Waals surface area contributed by atoms with Gasteiger partial charge in [0.15, 0.2) is 0 Å². The summed E-state index contributed by atoms with van der Waals surface area (Å²) in [6.07, 6.45) is 2.09. The normalized spacial score (nSPS) is 13.2. The Hall–Kier alpha value is -3.60. The molecule has 158 valence electrons. The molecular formula is C26H26N2O3. The quantitative estimate of drug-likeness (QED) is 0.627. The molecule has 1 aliphatic heterocycles. The highest BCUT2D eigenvalue weighted by molar-refractivity contribution is 6.07. The molecule has 5 heteroatoms. The third-order valence-electron chi connectivity index (χ3n) is 5.75. The van der Waals surface area contributed by atoms with Crippen molar-refractivity contribution in [3.63, 3.8) is 0 Å². The van der Waals surface area contributed by atoms with Crippen molar-refractivity contribution in [2.24, 2.45) is 0 Å². The van der Waals surface area contributed by atoms with E-state index in [0.717, 1.165) is 42.6 Å². The molecule has 1 N–H and O–H groups in total. The summed E-state index contributed by atoms with van der Waals surface area (Å²) in [6, 6.07) is 20.7. The van der Waals surface area contributed by atoms with Crippen molar-refractivity contribution in [1.82, 2.24) is 4.90 Å². The minimum absolute atomic E-state index is 0.0295. The molecule has 1 heterocycles. The van der Waals surface area contributed by atoms with E-state index in [1.807, 2.05) is 66.4 Å². The van der Waals surface area contributed by atoms with Gasteiger partial charge in [0.2, 0.25) is 0 Å². The number of carbonyl (C=O) groups excluding carboxylic acids is 2. The highest BCUT2D eigenvalue weighted by atomic mass is 16.5. The monoisotopic (exact) mass is 414 g/mol. The van der Waals surface area contributed by atoms with Crippen molar-refractivity contribution in [1.29, 1.82) is 0 Å². The van der Waals surface area contributed by atoms with Crippen molar-refractivity contribution in [2.75, 3.05) is 25.5 Å². The molecule has 0 saturated carbocycles. The first-order chi connectivity index (χ1) is 15.1. The predicted octanol–water partition coefficient (Wildman–Crippen LogP) is 5.16. The number of ether oxygens (including phenoxy) is 1. The van der Waals surface area contributed by atoms with Crippen LogP contribution in [0.2, 0.25) is 0 Å². The maximum atomic E-state index is 13.0. The van der Waals surface area contributed by atoms with Crippen LogP contribution in [-0.4, -0.2) is 36.9 Å². The van der Waals surface area contributed by atoms with Gasteiger partial charge in [-0.25, -0.2) is 0 Å². The van der Waals surface area contributed by atoms with Crippen molar-refractivity contribution >= 4 is 17.5 Å². The lowest BCUT2D eigenvalue weighted by atomic mass is 10.0. The van der Waals surface area contributed by atoms with Gasteiger partial charge in [-0.2, -0.15) is 0 Å². The molecule has 3 aromatic rings. The number of likely N-dealkylation sites (tertiary alicyclic amines) is 1. The van der Waals surface area contributed by atoms with Gasteiger partial charge in [0, 0.05) is 35.5 Å². The van der Waals surface area contributed by atoms with Gasteiger partial charge in [0.25, 0.3) is 11.8 Å². The second-order valence-corrected chi connectivity index (χ2v) is 7.71. The van der Waals surface area contributed by atoms with E-state index < -0.39 is 0 Å². The van der Waals surface area contributed by atoms with Crippen LogP contribution in [0.5, 0.6) is 5.75 Å². The lowest BCUT2D eigenvalue weighted by molar-refractivity contribution is 0.0791. The Bertz CT molecular complexity index is 1100. The van der Waals surface area contributed by atoms with Gasteiger partial charge in [-0.1, -0.05) is 36.4 Å². The summed E-state index contributed by atoms with van der Waals surface area (Å²) in [5, 5.41) is 2.98. The van der Waals surface area contributed by atoms with Gasteiger partial charge in [0.05, 0.1) is 7.11 Å². The zero-order valence-corrected chi connectivity index (χ0v) is 17.9. The maximum Gasteiger partial charge on any atom is 0.255 e. The molecule has 5 nitrogen and oxygen atoms in total. The second-order valence-electron chi connectivity index (χ2n) is 7.71. The van der Waals surface area contributed by atoms with E-state index in [2.05, 4.69) is 5.32 Å². The smallest absolute Gasteiger partial charge is 0.255 e. The number of carbonyl (C=O) groups is 2. The summed E-state index contributed by atoms with van der Waals surface area (Å²) >= 11 is 0. The van der Waals surface area contributed by atoms with Crippen LogP contribution in [0.3, 0.4) is 0 Å². The number of nitrogens with one attached hydrogen (secondary N) is 1. The van der Waals surface area contributed by atoms with Gasteiger partial charge < -0.3 is 15.0 Å². The van der Waals surface area contributed by atoms with Crippen LogP contribution in [0.4, 0.5) is 5.69 Å². The van der Waals surface area contributed by atoms with Crippen molar-refractivity contribution in [3.05, 3.63) is 83.4 Å². The zero-order chi connectivity index (χ0) is 21.8. The Labute approximate surface area is 182 Å². The highest BCUT2D eigenvalue weighted by Crippen LogP contribution is 2.31. The summed E-state index contributed by atoms with van der Waals surface area (Å²) in [6.45, 7) is 3.47. The van der Waals surface area contributed by atoms with E-state index in [0.29, 0.717) is 22.6 Å². The Morgan fingerprint density at radius 1 is 0.935 bits per heavy atom. The zero-order valence-electron chi connectivity index (χ0n) is 17.9. The topological polar surface area (TPSA) is 58.6 Å². The average Bonchev–Trinajstić information content (AvgIpc) is 3.35. The van der Waals surface area contributed by atoms with Crippen LogP contribution < -0.4 is 10.1 Å². The average molecular weight is 415 g/mol. The van der Waals surface area contributed by atoms with E-state index in [9.17, 15) is 9.59 Å². The fraction of sp³-hybridized carbons (Fsp3) is 0.231. The van der Waals surface area contributed by atoms with Crippen LogP contribution in [0, 0.1) is 6.92 Å². The predicted molar refractivity (Wildman–Crippen MR) is 123 cm³/mol. The van der Waals surface area contributed by atoms with Gasteiger partial charge >= 0.3 is 0 Å². The molecule has 0 radical (unpaired) electrons. The summed E-state index contributed by atoms with van der Waals surface area (Å²) in [5.41, 5.74) is 4.42. The lowest BCUT2D eigenvalue weighted by Crippen LogP contribution is -2.28. The number of amides is 2. The van der Waals surface area contributed by atoms with E-state index in [1.54, 1.807) is 19.2 Å². The highest BCUT2D eigenvalue weighted by Gasteiger charge is 2.22. The molecule has 2 amide bonds. The summed E-state index contributed by atoms with van der Waals surface area (Å²) < 4.78 is 5.49. The van der Waals surface area contributed by atoms with Gasteiger partial charge in [-0.3, -0.25) is 9.59 Å². The molecule has 0 unspecified atom stereocenters. The largest absolute Gasteiger partial charge is 0.496 e. The Morgan fingerprint density at radius 3 is 2.39 bits per heavy atom. The Morgan fingerprint density at radius 2 is 1.68 bits per heavy atom. The molecule has 1 aliphatic rings. The SMILES string of the molecule is COc1ccc(C(=O)Nc2cccc(C(=O)N3CCCC3)c2C)cc1-c1ccccc1. The minimum atomic E-state index is -0.228. The molecule has 1 fully saturated rings. The first-order valence-corrected chi connectivity index (χ1v) is 10.5. The molecule has 0 atom stereocenters. The Kier molecular flexibility index (Phi) is 6.03. The molecule has 0 bridgehead atoms. The minimum Gasteiger partial charge on any atom is -0.496 e. The number of anilines is 1. The first kappa shape index (κ1) is 20.7. The second kappa shape index (κ2) is 9.04. The molecule has 0 aromatic heterocycles. The summed E-state index contributed by atoms with van der Waals surface area (Å²) in [4.78, 5) is 27.8. The van der Waals surface area contributed by atoms with Crippen LogP contribution in [0.15, 0.2) is 66.7 Å². The molecule has 1 saturated heterocycles. The van der Waals surface area contributed by atoms with E-state index in [4.69, 9.17) is 4.74 Å². The van der Waals surface area contributed by atoms with Crippen LogP contribution in [0.25, 0.3) is 11.1 Å². The van der Waals surface area contributed by atoms with E-state index in [1.165, 1.54) is 0 Å². The number of rotatable bonds is 5. The number of methoxy groups -OCH3 is 1. The number of benzene rings is 3. The fourth-order valence-electron chi connectivity index (χ4n) is 3.98. The fourth-order valence-corrected chi connectivity index (χ4v) is 3.98. The third kappa shape index (κ3) is 4.31. The van der Waals surface area contributed by atoms with Gasteiger partial charge in [0.1, 0.15) is 5.75 Å². The molecule has 3 aromatic carbocycles. The standard InChI is InChI=1S/C26H26N2O3/c1-18-21(26(30)28-15-6-7-16-28)11-8-12-23(18)27-25(29)20-13-14-24(31-2)22(17-20)19-9-4-3-5-10-19/h3-5,8-14,17H,6-7,15-16H2,1-2H3,(H,27,29). The molecule has 4 rings (SSSR count). The molecular weight excluding hydrogens is 388 g/mol. The Balaban J connectivity index is 1.60.